The molecule has 0 aromatic carbocycles. The average Bonchev–Trinajstić information content (AvgIpc) is 2.78. The summed E-state index contributed by atoms with van der Waals surface area (Å²) >= 11 is 4.46. The minimum Gasteiger partial charge on any atom is -0.379 e. The Morgan fingerprint density at radius 3 is 2.78 bits per heavy atom. The highest BCUT2D eigenvalue weighted by Crippen LogP contribution is 2.23. The Morgan fingerprint density at radius 2 is 2.17 bits per heavy atom. The number of halogens is 1. The van der Waals surface area contributed by atoms with Gasteiger partial charge in [0.2, 0.25) is 10.0 Å². The van der Waals surface area contributed by atoms with E-state index >= 15 is 0 Å². The molecule has 8 heteroatoms. The minimum absolute atomic E-state index is 0.344. The molecule has 1 N–H and O–H groups in total. The third kappa shape index (κ3) is 4.01. The van der Waals surface area contributed by atoms with Gasteiger partial charge in [-0.05, 0) is 22.0 Å². The predicted molar refractivity (Wildman–Crippen MR) is 74.5 cm³/mol. The molecule has 0 unspecified atom stereocenters. The maximum Gasteiger partial charge on any atom is 0.250 e. The molecule has 1 aliphatic heterocycles. The van der Waals surface area contributed by atoms with E-state index in [2.05, 4.69) is 25.6 Å². The van der Waals surface area contributed by atoms with Crippen LogP contribution in [0.25, 0.3) is 0 Å². The summed E-state index contributed by atoms with van der Waals surface area (Å²) in [6.07, 6.45) is 0. The molecule has 0 radical (unpaired) electrons. The standard InChI is InChI=1S/C10H15BrN2O3S2/c11-9-7-10(17-8-9)18(14,15)12-1-2-13-3-5-16-6-4-13/h7-8,12H,1-6H2. The summed E-state index contributed by atoms with van der Waals surface area (Å²) in [4.78, 5) is 2.19. The van der Waals surface area contributed by atoms with Gasteiger partial charge in [0.1, 0.15) is 4.21 Å². The van der Waals surface area contributed by atoms with Crippen molar-refractivity contribution in [3.05, 3.63) is 15.9 Å². The molecule has 0 atom stereocenters. The van der Waals surface area contributed by atoms with Gasteiger partial charge in [-0.1, -0.05) is 0 Å². The Morgan fingerprint density at radius 1 is 1.44 bits per heavy atom. The third-order valence-corrected chi connectivity index (χ3v) is 6.29. The van der Waals surface area contributed by atoms with Crippen molar-refractivity contribution < 1.29 is 13.2 Å². The van der Waals surface area contributed by atoms with Crippen molar-refractivity contribution in [3.63, 3.8) is 0 Å². The van der Waals surface area contributed by atoms with Gasteiger partial charge in [-0.15, -0.1) is 11.3 Å². The second-order valence-electron chi connectivity index (χ2n) is 3.94. The third-order valence-electron chi connectivity index (χ3n) is 2.63. The molecule has 1 saturated heterocycles. The number of nitrogens with zero attached hydrogens (tertiary/aromatic N) is 1. The Labute approximate surface area is 119 Å². The monoisotopic (exact) mass is 354 g/mol. The number of hydrogen-bond acceptors (Lipinski definition) is 5. The van der Waals surface area contributed by atoms with Gasteiger partial charge in [-0.25, -0.2) is 13.1 Å². The van der Waals surface area contributed by atoms with Gasteiger partial charge in [-0.2, -0.15) is 0 Å². The van der Waals surface area contributed by atoms with Gasteiger partial charge in [0.15, 0.2) is 0 Å². The predicted octanol–water partition coefficient (Wildman–Crippen LogP) is 1.12. The summed E-state index contributed by atoms with van der Waals surface area (Å²) < 4.78 is 32.8. The molecule has 1 aliphatic rings. The molecule has 2 heterocycles. The van der Waals surface area contributed by atoms with Crippen LogP contribution in [-0.4, -0.2) is 52.7 Å². The van der Waals surface area contributed by atoms with Gasteiger partial charge in [0, 0.05) is 36.0 Å². The summed E-state index contributed by atoms with van der Waals surface area (Å²) in [5.74, 6) is 0. The van der Waals surface area contributed by atoms with Crippen molar-refractivity contribution >= 4 is 37.3 Å². The molecule has 1 aromatic heterocycles. The smallest absolute Gasteiger partial charge is 0.250 e. The second kappa shape index (κ2) is 6.44. The number of rotatable bonds is 5. The van der Waals surface area contributed by atoms with Crippen LogP contribution in [0, 0.1) is 0 Å². The first kappa shape index (κ1) is 14.4. The number of nitrogens with one attached hydrogen (secondary N) is 1. The van der Waals surface area contributed by atoms with Crippen molar-refractivity contribution in [1.82, 2.24) is 9.62 Å². The van der Waals surface area contributed by atoms with Gasteiger partial charge < -0.3 is 4.74 Å². The number of hydrogen-bond donors (Lipinski definition) is 1. The average molecular weight is 355 g/mol. The summed E-state index contributed by atoms with van der Waals surface area (Å²) in [6, 6.07) is 1.61. The van der Waals surface area contributed by atoms with Crippen molar-refractivity contribution in [2.75, 3.05) is 39.4 Å². The first-order valence-corrected chi connectivity index (χ1v) is 8.77. The maximum absolute atomic E-state index is 11.9. The molecule has 2 rings (SSSR count). The quantitative estimate of drug-likeness (QED) is 0.860. The van der Waals surface area contributed by atoms with Crippen LogP contribution in [-0.2, 0) is 14.8 Å². The van der Waals surface area contributed by atoms with E-state index in [1.54, 1.807) is 11.4 Å². The Kier molecular flexibility index (Phi) is 5.16. The zero-order valence-electron chi connectivity index (χ0n) is 9.76. The fraction of sp³-hybridized carbons (Fsp3) is 0.600. The lowest BCUT2D eigenvalue weighted by atomic mass is 10.4. The Bertz CT molecular complexity index is 483. The maximum atomic E-state index is 11.9. The molecule has 0 bridgehead atoms. The van der Waals surface area contributed by atoms with Crippen molar-refractivity contribution in [2.24, 2.45) is 0 Å². The molecule has 1 aromatic rings. The number of ether oxygens (including phenoxy) is 1. The SMILES string of the molecule is O=S(=O)(NCCN1CCOCC1)c1cc(Br)cs1. The van der Waals surface area contributed by atoms with Crippen LogP contribution in [0.1, 0.15) is 0 Å². The van der Waals surface area contributed by atoms with E-state index in [1.807, 2.05) is 0 Å². The topological polar surface area (TPSA) is 58.6 Å². The molecule has 5 nitrogen and oxygen atoms in total. The van der Waals surface area contributed by atoms with E-state index in [4.69, 9.17) is 4.74 Å². The van der Waals surface area contributed by atoms with Crippen molar-refractivity contribution in [1.29, 1.82) is 0 Å². The van der Waals surface area contributed by atoms with E-state index in [1.165, 1.54) is 11.3 Å². The lowest BCUT2D eigenvalue weighted by Crippen LogP contribution is -2.41. The molecular weight excluding hydrogens is 340 g/mol. The zero-order valence-corrected chi connectivity index (χ0v) is 13.0. The van der Waals surface area contributed by atoms with E-state index in [9.17, 15) is 8.42 Å². The highest BCUT2D eigenvalue weighted by Gasteiger charge is 2.17. The number of morpholine rings is 1. The molecule has 1 fully saturated rings. The highest BCUT2D eigenvalue weighted by molar-refractivity contribution is 9.10. The van der Waals surface area contributed by atoms with Crippen LogP contribution in [0.4, 0.5) is 0 Å². The van der Waals surface area contributed by atoms with Gasteiger partial charge >= 0.3 is 0 Å². The van der Waals surface area contributed by atoms with Crippen LogP contribution in [0.15, 0.2) is 20.1 Å². The van der Waals surface area contributed by atoms with Gasteiger partial charge in [0.05, 0.1) is 13.2 Å². The summed E-state index contributed by atoms with van der Waals surface area (Å²) in [6.45, 7) is 4.33. The lowest BCUT2D eigenvalue weighted by Gasteiger charge is -2.26. The fourth-order valence-corrected chi connectivity index (χ4v) is 4.59. The summed E-state index contributed by atoms with van der Waals surface area (Å²) in [5.41, 5.74) is 0. The molecule has 18 heavy (non-hydrogen) atoms. The zero-order chi connectivity index (χ0) is 13.0. The minimum atomic E-state index is -3.36. The van der Waals surface area contributed by atoms with E-state index in [0.29, 0.717) is 10.8 Å². The molecule has 102 valence electrons. The van der Waals surface area contributed by atoms with Crippen molar-refractivity contribution in [2.45, 2.75) is 4.21 Å². The molecule has 0 saturated carbocycles. The van der Waals surface area contributed by atoms with Crippen LogP contribution < -0.4 is 4.72 Å². The molecular formula is C10H15BrN2O3S2. The van der Waals surface area contributed by atoms with E-state index in [-0.39, 0.29) is 0 Å². The molecule has 0 spiro atoms. The van der Waals surface area contributed by atoms with Gasteiger partial charge in [-0.3, -0.25) is 4.90 Å². The molecule has 0 aliphatic carbocycles. The van der Waals surface area contributed by atoms with E-state index < -0.39 is 10.0 Å². The first-order valence-electron chi connectivity index (χ1n) is 5.62. The summed E-state index contributed by atoms with van der Waals surface area (Å²) in [7, 11) is -3.36. The van der Waals surface area contributed by atoms with Crippen LogP contribution in [0.5, 0.6) is 0 Å². The highest BCUT2D eigenvalue weighted by atomic mass is 79.9. The Balaban J connectivity index is 1.82. The van der Waals surface area contributed by atoms with Crippen LogP contribution >= 0.6 is 27.3 Å². The van der Waals surface area contributed by atoms with Crippen molar-refractivity contribution in [3.8, 4) is 0 Å². The molecule has 0 amide bonds. The summed E-state index contributed by atoms with van der Waals surface area (Å²) in [5, 5.41) is 1.76. The normalized spacial score (nSPS) is 18.1. The lowest BCUT2D eigenvalue weighted by molar-refractivity contribution is 0.0390. The largest absolute Gasteiger partial charge is 0.379 e. The number of sulfonamides is 1. The van der Waals surface area contributed by atoms with Gasteiger partial charge in [0.25, 0.3) is 0 Å². The van der Waals surface area contributed by atoms with Crippen LogP contribution in [0.2, 0.25) is 0 Å². The van der Waals surface area contributed by atoms with E-state index in [0.717, 1.165) is 37.3 Å². The second-order valence-corrected chi connectivity index (χ2v) is 7.76. The number of thiophene rings is 1. The van der Waals surface area contributed by atoms with Crippen LogP contribution in [0.3, 0.4) is 0 Å². The first-order chi connectivity index (χ1) is 8.58. The fourth-order valence-electron chi connectivity index (χ4n) is 1.67. The Hall–Kier alpha value is 0.01000.